The van der Waals surface area contributed by atoms with E-state index in [4.69, 9.17) is 24.8 Å². The molecule has 0 aliphatic carbocycles. The number of carbonyl (C=O) groups is 3. The summed E-state index contributed by atoms with van der Waals surface area (Å²) in [6, 6.07) is -1.52. The van der Waals surface area contributed by atoms with Gasteiger partial charge in [0.25, 0.3) is 0 Å². The van der Waals surface area contributed by atoms with Crippen molar-refractivity contribution in [1.82, 2.24) is 0 Å². The van der Waals surface area contributed by atoms with E-state index < -0.39 is 51.1 Å². The quantitative estimate of drug-likeness (QED) is 0.0238. The first-order valence-corrected chi connectivity index (χ1v) is 21.5. The molecule has 0 aliphatic heterocycles. The van der Waals surface area contributed by atoms with Gasteiger partial charge in [0.15, 0.2) is 6.10 Å². The van der Waals surface area contributed by atoms with E-state index in [0.717, 1.165) is 57.8 Å². The van der Waals surface area contributed by atoms with Crippen molar-refractivity contribution in [3.63, 3.8) is 0 Å². The molecule has 0 fully saturated rings. The molecule has 0 radical (unpaired) electrons. The third kappa shape index (κ3) is 34.8. The molecule has 0 amide bonds. The van der Waals surface area contributed by atoms with Crippen molar-refractivity contribution in [3.05, 3.63) is 36.5 Å². The highest BCUT2D eigenvalue weighted by Gasteiger charge is 2.28. The summed E-state index contributed by atoms with van der Waals surface area (Å²) < 4.78 is 32.6. The SMILES string of the molecule is CC/C=C/C=C/C=C/CCCCCCCC(=O)OC(COC(=O)CCCCCCCCCCCCCCCCC)COP(=O)(O)OC[C@H](N)C(=O)O. The van der Waals surface area contributed by atoms with Gasteiger partial charge in [-0.1, -0.05) is 159 Å². The van der Waals surface area contributed by atoms with Gasteiger partial charge in [-0.05, 0) is 32.1 Å². The van der Waals surface area contributed by atoms with E-state index in [0.29, 0.717) is 12.8 Å². The third-order valence-electron chi connectivity index (χ3n) is 8.46. The maximum Gasteiger partial charge on any atom is 0.472 e. The predicted molar refractivity (Wildman–Crippen MR) is 208 cm³/mol. The van der Waals surface area contributed by atoms with Crippen LogP contribution in [0, 0.1) is 0 Å². The molecule has 11 nitrogen and oxygen atoms in total. The van der Waals surface area contributed by atoms with Crippen LogP contribution in [0.5, 0.6) is 0 Å². The van der Waals surface area contributed by atoms with Crippen molar-refractivity contribution in [3.8, 4) is 0 Å². The summed E-state index contributed by atoms with van der Waals surface area (Å²) in [6.45, 7) is 2.64. The Balaban J connectivity index is 4.42. The highest BCUT2D eigenvalue weighted by atomic mass is 31.2. The van der Waals surface area contributed by atoms with Crippen molar-refractivity contribution in [2.45, 2.75) is 180 Å². The van der Waals surface area contributed by atoms with Gasteiger partial charge in [0.2, 0.25) is 0 Å². The molecule has 0 saturated heterocycles. The number of phosphoric acid groups is 1. The Labute approximate surface area is 314 Å². The second kappa shape index (κ2) is 35.7. The number of aliphatic carboxylic acids is 1. The Morgan fingerprint density at radius 2 is 1.08 bits per heavy atom. The number of carbonyl (C=O) groups excluding carboxylic acids is 2. The number of phosphoric ester groups is 1. The molecule has 0 aromatic carbocycles. The molecule has 302 valence electrons. The molecule has 3 atom stereocenters. The summed E-state index contributed by atoms with van der Waals surface area (Å²) in [7, 11) is -4.71. The molecule has 0 saturated carbocycles. The van der Waals surface area contributed by atoms with E-state index >= 15 is 0 Å². The van der Waals surface area contributed by atoms with E-state index in [2.05, 4.69) is 30.5 Å². The highest BCUT2D eigenvalue weighted by Crippen LogP contribution is 2.43. The number of rotatable bonds is 37. The van der Waals surface area contributed by atoms with Gasteiger partial charge in [-0.15, -0.1) is 0 Å². The molecule has 0 aromatic rings. The van der Waals surface area contributed by atoms with Gasteiger partial charge in [0, 0.05) is 12.8 Å². The van der Waals surface area contributed by atoms with Crippen LogP contribution in [0.25, 0.3) is 0 Å². The number of hydrogen-bond donors (Lipinski definition) is 3. The number of carboxylic acids is 1. The lowest BCUT2D eigenvalue weighted by atomic mass is 10.0. The maximum absolute atomic E-state index is 12.6. The fourth-order valence-corrected chi connectivity index (χ4v) is 6.08. The molecule has 0 heterocycles. The van der Waals surface area contributed by atoms with E-state index in [9.17, 15) is 23.8 Å². The van der Waals surface area contributed by atoms with Crippen LogP contribution in [0.2, 0.25) is 0 Å². The first kappa shape index (κ1) is 49.7. The molecule has 12 heteroatoms. The number of nitrogens with two attached hydrogens (primary N) is 1. The topological polar surface area (TPSA) is 172 Å². The lowest BCUT2D eigenvalue weighted by molar-refractivity contribution is -0.161. The molecule has 2 unspecified atom stereocenters. The van der Waals surface area contributed by atoms with Crippen LogP contribution in [-0.2, 0) is 37.5 Å². The van der Waals surface area contributed by atoms with Crippen LogP contribution in [0.1, 0.15) is 168 Å². The van der Waals surface area contributed by atoms with Crippen LogP contribution in [-0.4, -0.2) is 59.9 Å². The van der Waals surface area contributed by atoms with Crippen molar-refractivity contribution in [2.75, 3.05) is 19.8 Å². The monoisotopic (exact) mass is 757 g/mol. The second-order valence-electron chi connectivity index (χ2n) is 13.5. The fourth-order valence-electron chi connectivity index (χ4n) is 5.30. The number of hydrogen-bond acceptors (Lipinski definition) is 9. The number of allylic oxidation sites excluding steroid dienone is 6. The Kier molecular flexibility index (Phi) is 34.1. The van der Waals surface area contributed by atoms with E-state index in [-0.39, 0.29) is 19.4 Å². The highest BCUT2D eigenvalue weighted by molar-refractivity contribution is 7.47. The normalized spacial score (nSPS) is 14.2. The Morgan fingerprint density at radius 1 is 0.615 bits per heavy atom. The first-order valence-electron chi connectivity index (χ1n) is 20.0. The number of esters is 2. The van der Waals surface area contributed by atoms with Gasteiger partial charge >= 0.3 is 25.7 Å². The van der Waals surface area contributed by atoms with E-state index in [1.807, 2.05) is 24.3 Å². The van der Waals surface area contributed by atoms with Gasteiger partial charge in [-0.25, -0.2) is 4.57 Å². The number of ether oxygens (including phenoxy) is 2. The van der Waals surface area contributed by atoms with E-state index in [1.54, 1.807) is 0 Å². The summed E-state index contributed by atoms with van der Waals surface area (Å²) >= 11 is 0. The minimum absolute atomic E-state index is 0.139. The molecule has 0 spiro atoms. The Hall–Kier alpha value is -2.30. The van der Waals surface area contributed by atoms with Crippen molar-refractivity contribution in [2.24, 2.45) is 5.73 Å². The van der Waals surface area contributed by atoms with Crippen LogP contribution in [0.4, 0.5) is 0 Å². The summed E-state index contributed by atoms with van der Waals surface area (Å²) in [5.41, 5.74) is 5.32. The zero-order chi connectivity index (χ0) is 38.5. The third-order valence-corrected chi connectivity index (χ3v) is 9.41. The molecular formula is C40H72NO10P. The van der Waals surface area contributed by atoms with Crippen molar-refractivity contribution < 1.29 is 47.5 Å². The second-order valence-corrected chi connectivity index (χ2v) is 14.9. The van der Waals surface area contributed by atoms with E-state index in [1.165, 1.54) is 70.6 Å². The maximum atomic E-state index is 12.6. The van der Waals surface area contributed by atoms with Gasteiger partial charge in [-0.2, -0.15) is 0 Å². The summed E-state index contributed by atoms with van der Waals surface area (Å²) in [5.74, 6) is -2.40. The van der Waals surface area contributed by atoms with Crippen molar-refractivity contribution in [1.29, 1.82) is 0 Å². The summed E-state index contributed by atoms with van der Waals surface area (Å²) in [4.78, 5) is 45.8. The average molecular weight is 758 g/mol. The van der Waals surface area contributed by atoms with Crippen LogP contribution in [0.3, 0.4) is 0 Å². The average Bonchev–Trinajstić information content (AvgIpc) is 3.12. The molecule has 0 rings (SSSR count). The molecule has 0 aliphatic rings. The molecule has 4 N–H and O–H groups in total. The number of unbranched alkanes of at least 4 members (excludes halogenated alkanes) is 19. The van der Waals surface area contributed by atoms with Gasteiger partial charge < -0.3 is 25.2 Å². The predicted octanol–water partition coefficient (Wildman–Crippen LogP) is 10.1. The largest absolute Gasteiger partial charge is 0.480 e. The number of carboxylic acid groups (broad SMARTS) is 1. The lowest BCUT2D eigenvalue weighted by Gasteiger charge is -2.20. The van der Waals surface area contributed by atoms with Crippen LogP contribution in [0.15, 0.2) is 36.5 Å². The minimum atomic E-state index is -4.71. The molecule has 0 aromatic heterocycles. The zero-order valence-corrected chi connectivity index (χ0v) is 33.3. The smallest absolute Gasteiger partial charge is 0.472 e. The standard InChI is InChI=1S/C40H72NO10P/c1-3-5-7-9-11-13-15-17-18-20-21-23-25-27-29-31-38(42)48-33-36(34-49-52(46,47)50-35-37(41)40(44)45)51-39(43)32-30-28-26-24-22-19-16-14-12-10-8-6-4-2/h6,8,10,12,14,16,36-37H,3-5,7,9,11,13,15,17-35,41H2,1-2H3,(H,44,45)(H,46,47)/b8-6+,12-10+,16-14+/t36?,37-/m0/s1. The molecule has 52 heavy (non-hydrogen) atoms. The molecular weight excluding hydrogens is 685 g/mol. The summed E-state index contributed by atoms with van der Waals surface area (Å²) in [5, 5.41) is 8.86. The van der Waals surface area contributed by atoms with Crippen LogP contribution >= 0.6 is 7.82 Å². The van der Waals surface area contributed by atoms with Gasteiger partial charge in [0.1, 0.15) is 12.6 Å². The van der Waals surface area contributed by atoms with Gasteiger partial charge in [-0.3, -0.25) is 23.4 Å². The minimum Gasteiger partial charge on any atom is -0.480 e. The lowest BCUT2D eigenvalue weighted by Crippen LogP contribution is -2.34. The zero-order valence-electron chi connectivity index (χ0n) is 32.4. The first-order chi connectivity index (χ1) is 25.1. The Morgan fingerprint density at radius 3 is 1.60 bits per heavy atom. The summed E-state index contributed by atoms with van der Waals surface area (Å²) in [6.07, 6.45) is 36.4. The molecule has 0 bridgehead atoms. The Bertz CT molecular complexity index is 1030. The van der Waals surface area contributed by atoms with Crippen molar-refractivity contribution >= 4 is 25.7 Å². The van der Waals surface area contributed by atoms with Crippen LogP contribution < -0.4 is 5.73 Å². The fraction of sp³-hybridized carbons (Fsp3) is 0.775. The van der Waals surface area contributed by atoms with Gasteiger partial charge in [0.05, 0.1) is 13.2 Å².